The topological polar surface area (TPSA) is 99.2 Å². The number of hydrogen-bond donors (Lipinski definition) is 3. The van der Waals surface area contributed by atoms with E-state index in [2.05, 4.69) is 49.2 Å². The number of nitrogens with zero attached hydrogens (tertiary/aromatic N) is 5. The molecule has 1 aromatic heterocycles. The van der Waals surface area contributed by atoms with Crippen LogP contribution in [0.3, 0.4) is 0 Å². The first-order valence-corrected chi connectivity index (χ1v) is 14.6. The van der Waals surface area contributed by atoms with Crippen LogP contribution in [-0.2, 0) is 22.1 Å². The molecular formula is C26H34FN8O2S+. The van der Waals surface area contributed by atoms with Gasteiger partial charge in [0.05, 0.1) is 39.3 Å². The van der Waals surface area contributed by atoms with Crippen LogP contribution in [-0.4, -0.2) is 94.7 Å². The lowest BCUT2D eigenvalue weighted by atomic mass is 9.83. The van der Waals surface area contributed by atoms with Crippen LogP contribution in [0.5, 0.6) is 5.75 Å². The van der Waals surface area contributed by atoms with Crippen molar-refractivity contribution in [1.29, 1.82) is 0 Å². The third-order valence-corrected chi connectivity index (χ3v) is 10.4. The first-order valence-electron chi connectivity index (χ1n) is 13.0. The standard InChI is InChI=1S/C26H34FN8O2S/c1-36-22-4-2-19(3-5-22)14-20-6-7-28-24-26(17-35(32-24)33-25-29-15-21(27)16-30-25)23(20)38(18-31-26)13-10-34-8-11-37-12-9-34/h2-7,15-16,20,23,31H,8-14,17-18H2,1H3,(H,28,32)(H,29,30,33)/q+1. The van der Waals surface area contributed by atoms with Gasteiger partial charge in [0.15, 0.2) is 16.9 Å². The predicted molar refractivity (Wildman–Crippen MR) is 146 cm³/mol. The van der Waals surface area contributed by atoms with Gasteiger partial charge in [-0.05, 0) is 24.1 Å². The lowest BCUT2D eigenvalue weighted by Gasteiger charge is -2.31. The highest BCUT2D eigenvalue weighted by atomic mass is 32.2. The summed E-state index contributed by atoms with van der Waals surface area (Å²) in [7, 11) is 1.82. The van der Waals surface area contributed by atoms with Crippen molar-refractivity contribution in [2.24, 2.45) is 10.9 Å². The molecule has 3 fully saturated rings. The zero-order chi connectivity index (χ0) is 26.0. The fourth-order valence-electron chi connectivity index (χ4n) is 5.78. The molecule has 10 nitrogen and oxygen atoms in total. The van der Waals surface area contributed by atoms with Gasteiger partial charge in [0.25, 0.3) is 0 Å². The van der Waals surface area contributed by atoms with Gasteiger partial charge in [0, 0.05) is 42.6 Å². The summed E-state index contributed by atoms with van der Waals surface area (Å²) in [6, 6.07) is 8.38. The molecule has 5 heterocycles. The Labute approximate surface area is 225 Å². The maximum absolute atomic E-state index is 13.3. The van der Waals surface area contributed by atoms with Crippen LogP contribution in [0, 0.1) is 11.7 Å². The molecule has 0 saturated carbocycles. The monoisotopic (exact) mass is 541 g/mol. The lowest BCUT2D eigenvalue weighted by molar-refractivity contribution is 0.0409. The average Bonchev–Trinajstić information content (AvgIpc) is 3.44. The second-order valence-corrected chi connectivity index (χ2v) is 12.3. The van der Waals surface area contributed by atoms with Crippen molar-refractivity contribution in [1.82, 2.24) is 30.7 Å². The van der Waals surface area contributed by atoms with E-state index in [9.17, 15) is 4.39 Å². The summed E-state index contributed by atoms with van der Waals surface area (Å²) in [5.41, 5.74) is 7.55. The maximum atomic E-state index is 13.3. The number of allylic oxidation sites excluding steroid dienone is 1. The van der Waals surface area contributed by atoms with Crippen molar-refractivity contribution in [2.45, 2.75) is 17.2 Å². The van der Waals surface area contributed by atoms with Crippen LogP contribution in [0.15, 0.2) is 53.9 Å². The number of ether oxygens (including phenoxy) is 2. The van der Waals surface area contributed by atoms with Crippen LogP contribution < -0.4 is 20.9 Å². The van der Waals surface area contributed by atoms with Crippen molar-refractivity contribution >= 4 is 22.7 Å². The van der Waals surface area contributed by atoms with Crippen LogP contribution in [0.1, 0.15) is 5.56 Å². The normalized spacial score (nSPS) is 29.2. The third-order valence-electron chi connectivity index (χ3n) is 7.67. The number of hydrazine groups is 2. The minimum atomic E-state index is -0.466. The van der Waals surface area contributed by atoms with Crippen LogP contribution >= 0.6 is 0 Å². The van der Waals surface area contributed by atoms with Gasteiger partial charge in [-0.15, -0.1) is 5.12 Å². The van der Waals surface area contributed by atoms with Gasteiger partial charge in [0.1, 0.15) is 22.9 Å². The van der Waals surface area contributed by atoms with Gasteiger partial charge in [-0.25, -0.2) is 19.4 Å². The Balaban J connectivity index is 1.25. The van der Waals surface area contributed by atoms with Gasteiger partial charge in [-0.2, -0.15) is 0 Å². The quantitative estimate of drug-likeness (QED) is 0.426. The molecule has 2 aromatic rings. The number of benzene rings is 1. The Kier molecular flexibility index (Phi) is 7.48. The summed E-state index contributed by atoms with van der Waals surface area (Å²) in [5.74, 6) is 4.01. The Bertz CT molecular complexity index is 1160. The molecule has 4 unspecified atom stereocenters. The number of hydrogen-bond acceptors (Lipinski definition) is 10. The number of rotatable bonds is 8. The van der Waals surface area contributed by atoms with Gasteiger partial charge in [-0.1, -0.05) is 18.2 Å². The summed E-state index contributed by atoms with van der Waals surface area (Å²) >= 11 is 0. The van der Waals surface area contributed by atoms with E-state index in [4.69, 9.17) is 14.5 Å². The molecule has 4 aliphatic rings. The van der Waals surface area contributed by atoms with Gasteiger partial charge in [-0.3, -0.25) is 21.1 Å². The Morgan fingerprint density at radius 2 is 2.00 bits per heavy atom. The van der Waals surface area contributed by atoms with Crippen molar-refractivity contribution in [3.05, 3.63) is 60.3 Å². The molecule has 4 aliphatic heterocycles. The van der Waals surface area contributed by atoms with E-state index in [1.54, 1.807) is 7.11 Å². The van der Waals surface area contributed by atoms with Crippen molar-refractivity contribution in [3.8, 4) is 5.75 Å². The van der Waals surface area contributed by atoms with E-state index in [1.807, 2.05) is 23.5 Å². The zero-order valence-corrected chi connectivity index (χ0v) is 22.3. The van der Waals surface area contributed by atoms with Crippen molar-refractivity contribution in [3.63, 3.8) is 0 Å². The van der Waals surface area contributed by atoms with E-state index < -0.39 is 5.82 Å². The Morgan fingerprint density at radius 3 is 2.76 bits per heavy atom. The fourth-order valence-corrected chi connectivity index (χ4v) is 8.81. The molecule has 0 amide bonds. The highest BCUT2D eigenvalue weighted by Gasteiger charge is 2.64. The second kappa shape index (κ2) is 11.1. The van der Waals surface area contributed by atoms with Crippen LogP contribution in [0.25, 0.3) is 0 Å². The molecule has 202 valence electrons. The lowest BCUT2D eigenvalue weighted by Crippen LogP contribution is -2.58. The van der Waals surface area contributed by atoms with Crippen LogP contribution in [0.2, 0.25) is 0 Å². The summed E-state index contributed by atoms with van der Waals surface area (Å²) in [6.07, 6.45) is 7.47. The second-order valence-electron chi connectivity index (χ2n) is 9.98. The summed E-state index contributed by atoms with van der Waals surface area (Å²) in [4.78, 5) is 15.5. The van der Waals surface area contributed by atoms with Gasteiger partial charge < -0.3 is 9.47 Å². The molecule has 6 rings (SSSR count). The minimum Gasteiger partial charge on any atom is -0.497 e. The molecule has 38 heavy (non-hydrogen) atoms. The molecular weight excluding hydrogens is 507 g/mol. The van der Waals surface area contributed by atoms with Crippen molar-refractivity contribution in [2.75, 3.05) is 63.6 Å². The maximum Gasteiger partial charge on any atom is 0.239 e. The Morgan fingerprint density at radius 1 is 1.21 bits per heavy atom. The highest BCUT2D eigenvalue weighted by Crippen LogP contribution is 2.40. The van der Waals surface area contributed by atoms with Gasteiger partial charge in [0.2, 0.25) is 5.95 Å². The van der Waals surface area contributed by atoms with Crippen LogP contribution in [0.4, 0.5) is 10.3 Å². The highest BCUT2D eigenvalue weighted by molar-refractivity contribution is 7.97. The summed E-state index contributed by atoms with van der Waals surface area (Å²) in [6.45, 7) is 5.34. The number of aliphatic imine (C=N–C) groups is 1. The van der Waals surface area contributed by atoms with Crippen molar-refractivity contribution < 1.29 is 13.9 Å². The van der Waals surface area contributed by atoms with E-state index in [0.717, 1.165) is 74.9 Å². The third kappa shape index (κ3) is 5.23. The number of anilines is 1. The molecule has 1 aromatic carbocycles. The first kappa shape index (κ1) is 25.5. The molecule has 1 spiro atoms. The zero-order valence-electron chi connectivity index (χ0n) is 21.5. The summed E-state index contributed by atoms with van der Waals surface area (Å²) in [5, 5.41) is 6.11. The number of aromatic nitrogens is 2. The number of nitrogens with one attached hydrogen (secondary N) is 3. The fraction of sp³-hybridized carbons (Fsp3) is 0.500. The Hall–Kier alpha value is -2.77. The average molecular weight is 542 g/mol. The number of morpholine rings is 1. The van der Waals surface area contributed by atoms with E-state index in [1.165, 1.54) is 5.56 Å². The van der Waals surface area contributed by atoms with E-state index in [0.29, 0.717) is 23.7 Å². The van der Waals surface area contributed by atoms with E-state index in [-0.39, 0.29) is 16.4 Å². The molecule has 0 aliphatic carbocycles. The molecule has 4 atom stereocenters. The largest absolute Gasteiger partial charge is 0.497 e. The first-order chi connectivity index (χ1) is 18.6. The van der Waals surface area contributed by atoms with Gasteiger partial charge >= 0.3 is 0 Å². The molecule has 0 bridgehead atoms. The SMILES string of the molecule is COc1ccc(CC2C=CN=C3NN(Nc4ncc(F)cn4)CC34NC[S+](CCN3CCOCC3)C24)cc1. The number of halogens is 1. The number of methoxy groups -OCH3 is 1. The molecule has 0 radical (unpaired) electrons. The minimum absolute atomic E-state index is 0.124. The molecule has 12 heteroatoms. The smallest absolute Gasteiger partial charge is 0.239 e. The molecule has 3 saturated heterocycles. The number of amidine groups is 1. The summed E-state index contributed by atoms with van der Waals surface area (Å²) < 4.78 is 24.3. The predicted octanol–water partition coefficient (Wildman–Crippen LogP) is 1.17. The molecule has 3 N–H and O–H groups in total. The van der Waals surface area contributed by atoms with E-state index >= 15 is 0 Å².